The van der Waals surface area contributed by atoms with E-state index in [1.807, 2.05) is 35.7 Å². The van der Waals surface area contributed by atoms with Gasteiger partial charge in [-0.15, -0.1) is 23.7 Å². The summed E-state index contributed by atoms with van der Waals surface area (Å²) in [6, 6.07) is 10.3. The number of carbonyl (C=O) groups excluding carboxylic acids is 1. The average Bonchev–Trinajstić information content (AvgIpc) is 3.15. The topological polar surface area (TPSA) is 68.0 Å². The number of halogens is 1. The van der Waals surface area contributed by atoms with Crippen LogP contribution in [0.25, 0.3) is 10.6 Å². The summed E-state index contributed by atoms with van der Waals surface area (Å²) in [5.74, 6) is 0.185. The Balaban J connectivity index is 0.00000176. The minimum Gasteiger partial charge on any atom is -0.350 e. The number of nitrogens with one attached hydrogen (secondary N) is 1. The van der Waals surface area contributed by atoms with Gasteiger partial charge in [-0.25, -0.2) is 4.98 Å². The summed E-state index contributed by atoms with van der Waals surface area (Å²) >= 11 is 1.60. The molecule has 1 fully saturated rings. The van der Waals surface area contributed by atoms with Gasteiger partial charge in [-0.05, 0) is 19.3 Å². The fourth-order valence-electron chi connectivity index (χ4n) is 2.68. The van der Waals surface area contributed by atoms with E-state index in [-0.39, 0.29) is 30.3 Å². The molecule has 2 unspecified atom stereocenters. The molecule has 1 saturated carbocycles. The van der Waals surface area contributed by atoms with Crippen molar-refractivity contribution in [3.8, 4) is 10.6 Å². The summed E-state index contributed by atoms with van der Waals surface area (Å²) in [6.45, 7) is 0.494. The fraction of sp³-hybridized carbons (Fsp3) is 0.375. The molecule has 0 bridgehead atoms. The first-order valence-electron chi connectivity index (χ1n) is 7.25. The van der Waals surface area contributed by atoms with Gasteiger partial charge < -0.3 is 11.1 Å². The number of rotatable bonds is 4. The maximum Gasteiger partial charge on any atom is 0.223 e. The number of nitrogens with zero attached hydrogens (tertiary/aromatic N) is 1. The lowest BCUT2D eigenvalue weighted by atomic mass is 10.1. The Morgan fingerprint density at radius 1 is 1.32 bits per heavy atom. The van der Waals surface area contributed by atoms with Crippen molar-refractivity contribution in [1.29, 1.82) is 0 Å². The van der Waals surface area contributed by atoms with Crippen LogP contribution in [-0.4, -0.2) is 16.9 Å². The lowest BCUT2D eigenvalue weighted by molar-refractivity contribution is -0.125. The van der Waals surface area contributed by atoms with Crippen molar-refractivity contribution in [3.63, 3.8) is 0 Å². The third kappa shape index (κ3) is 4.06. The van der Waals surface area contributed by atoms with Gasteiger partial charge in [0.1, 0.15) is 5.01 Å². The molecule has 3 rings (SSSR count). The zero-order valence-electron chi connectivity index (χ0n) is 12.2. The van der Waals surface area contributed by atoms with Gasteiger partial charge in [0, 0.05) is 22.9 Å². The molecule has 3 N–H and O–H groups in total. The zero-order chi connectivity index (χ0) is 14.7. The maximum atomic E-state index is 12.0. The van der Waals surface area contributed by atoms with Gasteiger partial charge in [0.15, 0.2) is 0 Å². The molecule has 1 aliphatic rings. The van der Waals surface area contributed by atoms with E-state index in [0.717, 1.165) is 35.5 Å². The Bertz CT molecular complexity index is 617. The molecular weight excluding hydrogens is 318 g/mol. The van der Waals surface area contributed by atoms with Gasteiger partial charge in [0.2, 0.25) is 5.91 Å². The molecule has 118 valence electrons. The highest BCUT2D eigenvalue weighted by molar-refractivity contribution is 7.13. The number of thiazole rings is 1. The maximum absolute atomic E-state index is 12.0. The molecule has 0 spiro atoms. The Kier molecular flexibility index (Phi) is 5.94. The Morgan fingerprint density at radius 2 is 2.09 bits per heavy atom. The zero-order valence-corrected chi connectivity index (χ0v) is 13.8. The standard InChI is InChI=1S/C16H19N3OS.ClH/c17-13-7-6-12(8-13)15(20)18-9-14-10-21-16(19-14)11-4-2-1-3-5-11;/h1-5,10,12-13H,6-9,17H2,(H,18,20);1H. The van der Waals surface area contributed by atoms with Crippen molar-refractivity contribution in [2.45, 2.75) is 31.8 Å². The molecule has 0 saturated heterocycles. The molecule has 4 nitrogen and oxygen atoms in total. The minimum atomic E-state index is 0. The highest BCUT2D eigenvalue weighted by Crippen LogP contribution is 2.25. The van der Waals surface area contributed by atoms with Crippen LogP contribution >= 0.6 is 23.7 Å². The molecule has 0 radical (unpaired) electrons. The van der Waals surface area contributed by atoms with Crippen LogP contribution in [0.1, 0.15) is 25.0 Å². The van der Waals surface area contributed by atoms with Crippen LogP contribution in [0.5, 0.6) is 0 Å². The van der Waals surface area contributed by atoms with Crippen molar-refractivity contribution >= 4 is 29.7 Å². The summed E-state index contributed by atoms with van der Waals surface area (Å²) in [4.78, 5) is 16.6. The van der Waals surface area contributed by atoms with Crippen molar-refractivity contribution < 1.29 is 4.79 Å². The van der Waals surface area contributed by atoms with E-state index in [4.69, 9.17) is 5.73 Å². The van der Waals surface area contributed by atoms with Crippen LogP contribution in [0.4, 0.5) is 0 Å². The molecule has 1 aromatic carbocycles. The molecule has 22 heavy (non-hydrogen) atoms. The van der Waals surface area contributed by atoms with Gasteiger partial charge in [0.25, 0.3) is 0 Å². The molecule has 1 heterocycles. The monoisotopic (exact) mass is 337 g/mol. The lowest BCUT2D eigenvalue weighted by Crippen LogP contribution is -2.30. The van der Waals surface area contributed by atoms with Gasteiger partial charge in [-0.3, -0.25) is 4.79 Å². The highest BCUT2D eigenvalue weighted by atomic mass is 35.5. The number of benzene rings is 1. The molecule has 0 aliphatic heterocycles. The second-order valence-electron chi connectivity index (χ2n) is 5.50. The molecule has 1 amide bonds. The molecular formula is C16H20ClN3OS. The Labute approximate surface area is 140 Å². The first-order valence-corrected chi connectivity index (χ1v) is 8.13. The first kappa shape index (κ1) is 16.9. The summed E-state index contributed by atoms with van der Waals surface area (Å²) in [7, 11) is 0. The Morgan fingerprint density at radius 3 is 2.77 bits per heavy atom. The van der Waals surface area contributed by atoms with Crippen molar-refractivity contribution in [2.75, 3.05) is 0 Å². The third-order valence-corrected chi connectivity index (χ3v) is 4.80. The number of hydrogen-bond donors (Lipinski definition) is 2. The second kappa shape index (κ2) is 7.72. The van der Waals surface area contributed by atoms with Crippen molar-refractivity contribution in [2.24, 2.45) is 11.7 Å². The summed E-state index contributed by atoms with van der Waals surface area (Å²) in [6.07, 6.45) is 2.66. The SMILES string of the molecule is Cl.NC1CCC(C(=O)NCc2csc(-c3ccccc3)n2)C1. The summed E-state index contributed by atoms with van der Waals surface area (Å²) in [5, 5.41) is 5.97. The highest BCUT2D eigenvalue weighted by Gasteiger charge is 2.27. The number of amides is 1. The summed E-state index contributed by atoms with van der Waals surface area (Å²) < 4.78 is 0. The van der Waals surface area contributed by atoms with Crippen LogP contribution in [0.3, 0.4) is 0 Å². The van der Waals surface area contributed by atoms with Gasteiger partial charge in [-0.2, -0.15) is 0 Å². The first-order chi connectivity index (χ1) is 10.2. The van der Waals surface area contributed by atoms with Gasteiger partial charge in [-0.1, -0.05) is 30.3 Å². The van der Waals surface area contributed by atoms with Gasteiger partial charge in [0.05, 0.1) is 12.2 Å². The smallest absolute Gasteiger partial charge is 0.223 e. The van der Waals surface area contributed by atoms with E-state index in [2.05, 4.69) is 10.3 Å². The lowest BCUT2D eigenvalue weighted by Gasteiger charge is -2.09. The predicted molar refractivity (Wildman–Crippen MR) is 92.0 cm³/mol. The van der Waals surface area contributed by atoms with Crippen LogP contribution in [-0.2, 0) is 11.3 Å². The molecule has 6 heteroatoms. The predicted octanol–water partition coefficient (Wildman–Crippen LogP) is 2.98. The van der Waals surface area contributed by atoms with Crippen LogP contribution in [0.15, 0.2) is 35.7 Å². The molecule has 2 atom stereocenters. The summed E-state index contributed by atoms with van der Waals surface area (Å²) in [5.41, 5.74) is 7.87. The third-order valence-electron chi connectivity index (χ3n) is 3.86. The van der Waals surface area contributed by atoms with Crippen LogP contribution in [0, 0.1) is 5.92 Å². The van der Waals surface area contributed by atoms with Crippen molar-refractivity contribution in [3.05, 3.63) is 41.4 Å². The number of nitrogens with two attached hydrogens (primary N) is 1. The Hall–Kier alpha value is -1.43. The second-order valence-corrected chi connectivity index (χ2v) is 6.36. The van der Waals surface area contributed by atoms with E-state index in [9.17, 15) is 4.79 Å². The normalized spacial score (nSPS) is 20.4. The van der Waals surface area contributed by atoms with E-state index >= 15 is 0 Å². The van der Waals surface area contributed by atoms with E-state index < -0.39 is 0 Å². The minimum absolute atomic E-state index is 0. The number of carbonyl (C=O) groups is 1. The largest absolute Gasteiger partial charge is 0.350 e. The fourth-order valence-corrected chi connectivity index (χ4v) is 3.50. The number of hydrogen-bond acceptors (Lipinski definition) is 4. The number of aromatic nitrogens is 1. The molecule has 1 aliphatic carbocycles. The van der Waals surface area contributed by atoms with Crippen molar-refractivity contribution in [1.82, 2.24) is 10.3 Å². The van der Waals surface area contributed by atoms with Crippen LogP contribution in [0.2, 0.25) is 0 Å². The van der Waals surface area contributed by atoms with E-state index in [1.165, 1.54) is 0 Å². The van der Waals surface area contributed by atoms with Crippen LogP contribution < -0.4 is 11.1 Å². The molecule has 2 aromatic rings. The van der Waals surface area contributed by atoms with E-state index in [0.29, 0.717) is 6.54 Å². The average molecular weight is 338 g/mol. The van der Waals surface area contributed by atoms with Gasteiger partial charge >= 0.3 is 0 Å². The quantitative estimate of drug-likeness (QED) is 0.901. The molecule has 1 aromatic heterocycles. The van der Waals surface area contributed by atoms with E-state index in [1.54, 1.807) is 11.3 Å².